The van der Waals surface area contributed by atoms with Gasteiger partial charge in [0, 0.05) is 34.7 Å². The summed E-state index contributed by atoms with van der Waals surface area (Å²) in [5.41, 5.74) is 2.45. The van der Waals surface area contributed by atoms with Crippen LogP contribution in [0.1, 0.15) is 11.7 Å². The molecule has 0 radical (unpaired) electrons. The molecule has 72 valence electrons. The second kappa shape index (κ2) is 2.75. The molecule has 2 nitrogen and oxygen atoms in total. The zero-order valence-electron chi connectivity index (χ0n) is 7.83. The summed E-state index contributed by atoms with van der Waals surface area (Å²) in [6.45, 7) is 0.849. The Kier molecular flexibility index (Phi) is 1.64. The number of benzene rings is 1. The summed E-state index contributed by atoms with van der Waals surface area (Å²) in [4.78, 5) is 0. The molecule has 0 amide bonds. The van der Waals surface area contributed by atoms with Crippen molar-refractivity contribution in [3.63, 3.8) is 0 Å². The summed E-state index contributed by atoms with van der Waals surface area (Å²) < 4.78 is 7.40. The third-order valence-corrected chi connectivity index (χ3v) is 2.90. The minimum Gasteiger partial charge on any atom is -0.368 e. The van der Waals surface area contributed by atoms with Gasteiger partial charge in [-0.15, -0.1) is 0 Å². The summed E-state index contributed by atoms with van der Waals surface area (Å²) in [5.74, 6) is 0. The molecule has 1 saturated heterocycles. The molecule has 1 aromatic heterocycles. The molecule has 0 spiro atoms. The van der Waals surface area contributed by atoms with Gasteiger partial charge in [0.25, 0.3) is 0 Å². The lowest BCUT2D eigenvalue weighted by atomic mass is 10.1. The Bertz CT molecular complexity index is 499. The number of aryl methyl sites for hydroxylation is 1. The van der Waals surface area contributed by atoms with Gasteiger partial charge in [-0.1, -0.05) is 17.7 Å². The van der Waals surface area contributed by atoms with Crippen LogP contribution < -0.4 is 0 Å². The zero-order valence-corrected chi connectivity index (χ0v) is 8.58. The van der Waals surface area contributed by atoms with Gasteiger partial charge in [-0.05, 0) is 12.1 Å². The number of hydrogen-bond acceptors (Lipinski definition) is 1. The number of halogens is 1. The second-order valence-electron chi connectivity index (χ2n) is 3.68. The lowest BCUT2D eigenvalue weighted by molar-refractivity contribution is 0.416. The molecule has 0 saturated carbocycles. The highest BCUT2D eigenvalue weighted by molar-refractivity contribution is 6.31. The highest BCUT2D eigenvalue weighted by atomic mass is 35.5. The molecule has 1 aliphatic heterocycles. The lowest BCUT2D eigenvalue weighted by Crippen LogP contribution is -1.82. The summed E-state index contributed by atoms with van der Waals surface area (Å²) in [7, 11) is 2.03. The van der Waals surface area contributed by atoms with Gasteiger partial charge in [-0.3, -0.25) is 0 Å². The minimum atomic E-state index is 0.305. The number of hydrogen-bond donors (Lipinski definition) is 0. The van der Waals surface area contributed by atoms with Crippen molar-refractivity contribution in [3.8, 4) is 0 Å². The molecule has 0 unspecified atom stereocenters. The van der Waals surface area contributed by atoms with E-state index in [-0.39, 0.29) is 0 Å². The highest BCUT2D eigenvalue weighted by Gasteiger charge is 2.28. The fourth-order valence-electron chi connectivity index (χ4n) is 1.87. The largest absolute Gasteiger partial charge is 0.368 e. The number of ether oxygens (including phenoxy) is 1. The van der Waals surface area contributed by atoms with Gasteiger partial charge < -0.3 is 9.30 Å². The predicted molar refractivity (Wildman–Crippen MR) is 56.6 cm³/mol. The average Bonchev–Trinajstić information content (AvgIpc) is 2.94. The van der Waals surface area contributed by atoms with Crippen LogP contribution >= 0.6 is 11.6 Å². The van der Waals surface area contributed by atoms with E-state index in [1.165, 1.54) is 16.5 Å². The molecular weight excluding hydrogens is 198 g/mol. The van der Waals surface area contributed by atoms with Crippen LogP contribution in [0.2, 0.25) is 5.02 Å². The highest BCUT2D eigenvalue weighted by Crippen LogP contribution is 2.36. The van der Waals surface area contributed by atoms with E-state index < -0.39 is 0 Å². The monoisotopic (exact) mass is 207 g/mol. The number of fused-ring (bicyclic) bond motifs is 1. The van der Waals surface area contributed by atoms with E-state index in [0.717, 1.165) is 11.6 Å². The maximum absolute atomic E-state index is 5.95. The third kappa shape index (κ3) is 1.15. The maximum Gasteiger partial charge on any atom is 0.108 e. The first kappa shape index (κ1) is 8.33. The van der Waals surface area contributed by atoms with E-state index in [4.69, 9.17) is 16.3 Å². The fraction of sp³-hybridized carbons (Fsp3) is 0.273. The molecule has 3 rings (SSSR count). The normalized spacial score (nSPS) is 20.3. The van der Waals surface area contributed by atoms with Crippen molar-refractivity contribution in [2.24, 2.45) is 7.05 Å². The standard InChI is InChI=1S/C11H10ClNO/c1-13-5-9(11-6-14-11)8-3-2-7(12)4-10(8)13/h2-5,11H,6H2,1H3/t11-/m1/s1. The van der Waals surface area contributed by atoms with Crippen LogP contribution in [0.15, 0.2) is 24.4 Å². The minimum absolute atomic E-state index is 0.305. The zero-order chi connectivity index (χ0) is 9.71. The van der Waals surface area contributed by atoms with E-state index in [2.05, 4.69) is 16.8 Å². The molecule has 1 aromatic carbocycles. The van der Waals surface area contributed by atoms with E-state index in [1.54, 1.807) is 0 Å². The topological polar surface area (TPSA) is 17.5 Å². The second-order valence-corrected chi connectivity index (χ2v) is 4.12. The van der Waals surface area contributed by atoms with Crippen molar-refractivity contribution in [1.29, 1.82) is 0 Å². The molecule has 0 aliphatic carbocycles. The molecule has 0 N–H and O–H groups in total. The Balaban J connectivity index is 2.32. The molecule has 2 heterocycles. The first-order chi connectivity index (χ1) is 6.75. The Labute approximate surface area is 87.0 Å². The van der Waals surface area contributed by atoms with Crippen LogP contribution in [0.3, 0.4) is 0 Å². The lowest BCUT2D eigenvalue weighted by Gasteiger charge is -1.96. The molecule has 14 heavy (non-hydrogen) atoms. The van der Waals surface area contributed by atoms with Gasteiger partial charge in [0.1, 0.15) is 6.10 Å². The van der Waals surface area contributed by atoms with E-state index in [1.807, 2.05) is 19.2 Å². The van der Waals surface area contributed by atoms with Crippen LogP contribution in [-0.4, -0.2) is 11.2 Å². The number of aromatic nitrogens is 1. The van der Waals surface area contributed by atoms with Gasteiger partial charge in [-0.2, -0.15) is 0 Å². The van der Waals surface area contributed by atoms with E-state index in [0.29, 0.717) is 6.10 Å². The molecule has 3 heteroatoms. The van der Waals surface area contributed by atoms with Crippen molar-refractivity contribution < 1.29 is 4.74 Å². The third-order valence-electron chi connectivity index (χ3n) is 2.66. The van der Waals surface area contributed by atoms with Crippen LogP contribution in [0, 0.1) is 0 Å². The van der Waals surface area contributed by atoms with Gasteiger partial charge in [0.2, 0.25) is 0 Å². The Morgan fingerprint density at radius 2 is 2.29 bits per heavy atom. The van der Waals surface area contributed by atoms with Crippen LogP contribution in [-0.2, 0) is 11.8 Å². The molecule has 1 atom stereocenters. The van der Waals surface area contributed by atoms with Gasteiger partial charge >= 0.3 is 0 Å². The van der Waals surface area contributed by atoms with Crippen LogP contribution in [0.25, 0.3) is 10.9 Å². The van der Waals surface area contributed by atoms with Gasteiger partial charge in [0.15, 0.2) is 0 Å². The summed E-state index contributed by atoms with van der Waals surface area (Å²) >= 11 is 5.95. The summed E-state index contributed by atoms with van der Waals surface area (Å²) in [6, 6.07) is 5.98. The Morgan fingerprint density at radius 3 is 3.00 bits per heavy atom. The van der Waals surface area contributed by atoms with Crippen LogP contribution in [0.5, 0.6) is 0 Å². The average molecular weight is 208 g/mol. The van der Waals surface area contributed by atoms with Crippen molar-refractivity contribution in [2.45, 2.75) is 6.10 Å². The predicted octanol–water partition coefficient (Wildman–Crippen LogP) is 2.90. The maximum atomic E-state index is 5.95. The quantitative estimate of drug-likeness (QED) is 0.658. The van der Waals surface area contributed by atoms with E-state index in [9.17, 15) is 0 Å². The van der Waals surface area contributed by atoms with Crippen molar-refractivity contribution >= 4 is 22.5 Å². The fourth-order valence-corrected chi connectivity index (χ4v) is 2.04. The molecule has 1 fully saturated rings. The smallest absolute Gasteiger partial charge is 0.108 e. The van der Waals surface area contributed by atoms with Gasteiger partial charge in [0.05, 0.1) is 6.61 Å². The summed E-state index contributed by atoms with van der Waals surface area (Å²) in [6.07, 6.45) is 2.43. The summed E-state index contributed by atoms with van der Waals surface area (Å²) in [5, 5.41) is 2.03. The SMILES string of the molecule is Cn1cc([C@H]2CO2)c2ccc(Cl)cc21. The first-order valence-electron chi connectivity index (χ1n) is 4.62. The Morgan fingerprint density at radius 1 is 1.50 bits per heavy atom. The number of rotatable bonds is 1. The molecule has 1 aliphatic rings. The van der Waals surface area contributed by atoms with Gasteiger partial charge in [-0.25, -0.2) is 0 Å². The van der Waals surface area contributed by atoms with Crippen molar-refractivity contribution in [2.75, 3.05) is 6.61 Å². The van der Waals surface area contributed by atoms with Crippen molar-refractivity contribution in [3.05, 3.63) is 35.0 Å². The van der Waals surface area contributed by atoms with Crippen molar-refractivity contribution in [1.82, 2.24) is 4.57 Å². The first-order valence-corrected chi connectivity index (χ1v) is 4.99. The number of nitrogens with zero attached hydrogens (tertiary/aromatic N) is 1. The number of epoxide rings is 1. The Hall–Kier alpha value is -0.990. The van der Waals surface area contributed by atoms with Crippen LogP contribution in [0.4, 0.5) is 0 Å². The molecular formula is C11H10ClNO. The molecule has 0 bridgehead atoms. The molecule has 2 aromatic rings. The van der Waals surface area contributed by atoms with E-state index >= 15 is 0 Å².